The summed E-state index contributed by atoms with van der Waals surface area (Å²) in [5.74, 6) is -0.802. The molecule has 0 saturated carbocycles. The minimum absolute atomic E-state index is 0.00163. The molecule has 1 N–H and O–H groups in total. The number of carbonyl (C=O) groups excluding carboxylic acids is 2. The largest absolute Gasteiger partial charge is 0.472 e. The molecule has 284 valence electrons. The minimum Gasteiger partial charge on any atom is -0.462 e. The number of hydrogen-bond acceptors (Lipinski definition) is 7. The van der Waals surface area contributed by atoms with Gasteiger partial charge in [0.15, 0.2) is 6.10 Å². The second-order valence-corrected chi connectivity index (χ2v) is 14.8. The van der Waals surface area contributed by atoms with Crippen LogP contribution in [0.4, 0.5) is 0 Å². The van der Waals surface area contributed by atoms with E-state index in [9.17, 15) is 19.0 Å². The molecule has 0 aromatic heterocycles. The van der Waals surface area contributed by atoms with Crippen LogP contribution in [0.2, 0.25) is 0 Å². The number of unbranched alkanes of at least 4 members (excludes halogenated alkanes) is 23. The van der Waals surface area contributed by atoms with Crippen molar-refractivity contribution in [2.75, 3.05) is 19.8 Å². The van der Waals surface area contributed by atoms with Crippen molar-refractivity contribution in [2.24, 2.45) is 0 Å². The summed E-state index contributed by atoms with van der Waals surface area (Å²) in [6.45, 7) is 5.41. The van der Waals surface area contributed by atoms with Crippen molar-refractivity contribution in [1.82, 2.24) is 0 Å². The van der Waals surface area contributed by atoms with E-state index >= 15 is 0 Å². The predicted molar refractivity (Wildman–Crippen MR) is 198 cm³/mol. The van der Waals surface area contributed by atoms with Crippen LogP contribution >= 0.6 is 7.82 Å². The third-order valence-corrected chi connectivity index (χ3v) is 9.61. The fourth-order valence-electron chi connectivity index (χ4n) is 5.63. The highest BCUT2D eigenvalue weighted by Gasteiger charge is 2.25. The zero-order valence-electron chi connectivity index (χ0n) is 31.4. The number of esters is 2. The van der Waals surface area contributed by atoms with Gasteiger partial charge >= 0.3 is 19.8 Å². The van der Waals surface area contributed by atoms with Crippen LogP contribution in [0.1, 0.15) is 201 Å². The molecule has 2 atom stereocenters. The molecule has 0 spiro atoms. The van der Waals surface area contributed by atoms with Crippen LogP contribution in [0.15, 0.2) is 12.2 Å². The van der Waals surface area contributed by atoms with Gasteiger partial charge in [0.05, 0.1) is 13.2 Å². The van der Waals surface area contributed by atoms with Crippen LogP contribution in [-0.4, -0.2) is 42.8 Å². The molecule has 0 aliphatic rings. The number of phosphoric acid groups is 1. The molecule has 0 fully saturated rings. The van der Waals surface area contributed by atoms with E-state index in [1.807, 2.05) is 0 Å². The lowest BCUT2D eigenvalue weighted by Gasteiger charge is -2.19. The highest BCUT2D eigenvalue weighted by atomic mass is 31.2. The number of allylic oxidation sites excluding steroid dienone is 2. The molecule has 0 saturated heterocycles. The van der Waals surface area contributed by atoms with Gasteiger partial charge < -0.3 is 14.4 Å². The molecule has 8 nitrogen and oxygen atoms in total. The van der Waals surface area contributed by atoms with Crippen LogP contribution in [0, 0.1) is 0 Å². The lowest BCUT2D eigenvalue weighted by atomic mass is 10.0. The van der Waals surface area contributed by atoms with Crippen LogP contribution in [0.25, 0.3) is 0 Å². The average Bonchev–Trinajstić information content (AvgIpc) is 3.06. The maximum Gasteiger partial charge on any atom is 0.472 e. The first-order valence-electron chi connectivity index (χ1n) is 20.0. The van der Waals surface area contributed by atoms with E-state index in [0.29, 0.717) is 12.8 Å². The van der Waals surface area contributed by atoms with Crippen LogP contribution < -0.4 is 0 Å². The smallest absolute Gasteiger partial charge is 0.462 e. The van der Waals surface area contributed by atoms with Crippen molar-refractivity contribution in [1.29, 1.82) is 0 Å². The van der Waals surface area contributed by atoms with Gasteiger partial charge in [0.1, 0.15) is 6.61 Å². The van der Waals surface area contributed by atoms with Gasteiger partial charge in [-0.1, -0.05) is 161 Å². The summed E-state index contributed by atoms with van der Waals surface area (Å²) in [4.78, 5) is 34.5. The van der Waals surface area contributed by atoms with E-state index in [1.54, 1.807) is 6.92 Å². The van der Waals surface area contributed by atoms with Gasteiger partial charge in [-0.2, -0.15) is 0 Å². The summed E-state index contributed by atoms with van der Waals surface area (Å²) in [7, 11) is -4.27. The zero-order valence-corrected chi connectivity index (χ0v) is 32.3. The minimum atomic E-state index is -4.27. The van der Waals surface area contributed by atoms with Crippen LogP contribution in [0.3, 0.4) is 0 Å². The monoisotopic (exact) mass is 703 g/mol. The molecule has 0 aromatic rings. The van der Waals surface area contributed by atoms with E-state index in [2.05, 4.69) is 26.0 Å². The first-order chi connectivity index (χ1) is 23.3. The molecule has 0 radical (unpaired) electrons. The first-order valence-corrected chi connectivity index (χ1v) is 21.5. The first kappa shape index (κ1) is 46.8. The highest BCUT2D eigenvalue weighted by molar-refractivity contribution is 7.47. The standard InChI is InChI=1S/C39H75O8P/c1-4-7-9-11-13-15-17-18-19-20-21-22-23-24-26-27-29-31-33-38(40)44-35-37(36-46-48(42,43)45-6-3)47-39(41)34-32-30-28-25-16-14-12-10-8-5-2/h10,12,37H,4-9,11,13-36H2,1-3H3,(H,42,43)/b12-10-. The quantitative estimate of drug-likeness (QED) is 0.0295. The lowest BCUT2D eigenvalue weighted by molar-refractivity contribution is -0.161. The number of hydrogen-bond donors (Lipinski definition) is 1. The third kappa shape index (κ3) is 34.6. The summed E-state index contributed by atoms with van der Waals surface area (Å²) in [5.41, 5.74) is 0. The molecular formula is C39H75O8P. The molecule has 48 heavy (non-hydrogen) atoms. The van der Waals surface area contributed by atoms with Crippen molar-refractivity contribution in [2.45, 2.75) is 207 Å². The molecule has 0 aliphatic heterocycles. The van der Waals surface area contributed by atoms with Crippen molar-refractivity contribution in [3.05, 3.63) is 12.2 Å². The molecule has 0 amide bonds. The fourth-order valence-corrected chi connectivity index (χ4v) is 6.39. The van der Waals surface area contributed by atoms with Crippen molar-refractivity contribution < 1.29 is 37.6 Å². The molecule has 0 bridgehead atoms. The zero-order chi connectivity index (χ0) is 35.4. The Balaban J connectivity index is 4.02. The Hall–Kier alpha value is -1.21. The maximum atomic E-state index is 12.4. The summed E-state index contributed by atoms with van der Waals surface area (Å²) >= 11 is 0. The van der Waals surface area contributed by atoms with Gasteiger partial charge in [0.25, 0.3) is 0 Å². The molecular weight excluding hydrogens is 627 g/mol. The summed E-state index contributed by atoms with van der Waals surface area (Å²) < 4.78 is 32.5. The van der Waals surface area contributed by atoms with Gasteiger partial charge in [-0.05, 0) is 39.0 Å². The number of rotatable bonds is 37. The molecule has 0 aromatic carbocycles. The summed E-state index contributed by atoms with van der Waals surface area (Å²) in [6.07, 6.45) is 35.6. The molecule has 9 heteroatoms. The highest BCUT2D eigenvalue weighted by Crippen LogP contribution is 2.43. The number of ether oxygens (including phenoxy) is 2. The van der Waals surface area contributed by atoms with E-state index in [0.717, 1.165) is 57.8 Å². The third-order valence-electron chi connectivity index (χ3n) is 8.55. The molecule has 0 heterocycles. The Morgan fingerprint density at radius 2 is 0.979 bits per heavy atom. The van der Waals surface area contributed by atoms with Crippen molar-refractivity contribution in [3.8, 4) is 0 Å². The normalized spacial score (nSPS) is 13.5. The van der Waals surface area contributed by atoms with Gasteiger partial charge in [0.2, 0.25) is 0 Å². The van der Waals surface area contributed by atoms with Gasteiger partial charge in [-0.25, -0.2) is 4.57 Å². The Labute approximate surface area is 295 Å². The van der Waals surface area contributed by atoms with Crippen molar-refractivity contribution in [3.63, 3.8) is 0 Å². The summed E-state index contributed by atoms with van der Waals surface area (Å²) in [6, 6.07) is 0. The van der Waals surface area contributed by atoms with Gasteiger partial charge in [0, 0.05) is 12.8 Å². The molecule has 0 rings (SSSR count). The summed E-state index contributed by atoms with van der Waals surface area (Å²) in [5, 5.41) is 0. The predicted octanol–water partition coefficient (Wildman–Crippen LogP) is 12.1. The Morgan fingerprint density at radius 3 is 1.46 bits per heavy atom. The number of phosphoric ester groups is 1. The van der Waals surface area contributed by atoms with E-state index < -0.39 is 26.5 Å². The van der Waals surface area contributed by atoms with E-state index in [-0.39, 0.29) is 25.6 Å². The van der Waals surface area contributed by atoms with Crippen LogP contribution in [0.5, 0.6) is 0 Å². The second-order valence-electron chi connectivity index (χ2n) is 13.3. The van der Waals surface area contributed by atoms with Gasteiger partial charge in [-0.3, -0.25) is 18.6 Å². The number of carbonyl (C=O) groups is 2. The van der Waals surface area contributed by atoms with Gasteiger partial charge in [-0.15, -0.1) is 0 Å². The Bertz CT molecular complexity index is 803. The second kappa shape index (κ2) is 35.6. The maximum absolute atomic E-state index is 12.4. The topological polar surface area (TPSA) is 108 Å². The average molecular weight is 703 g/mol. The molecule has 0 aliphatic carbocycles. The van der Waals surface area contributed by atoms with E-state index in [4.69, 9.17) is 18.5 Å². The molecule has 2 unspecified atom stereocenters. The fraction of sp³-hybridized carbons (Fsp3) is 0.897. The van der Waals surface area contributed by atoms with Crippen LogP contribution in [-0.2, 0) is 32.7 Å². The Morgan fingerprint density at radius 1 is 0.542 bits per heavy atom. The van der Waals surface area contributed by atoms with E-state index in [1.165, 1.54) is 103 Å². The lowest BCUT2D eigenvalue weighted by Crippen LogP contribution is -2.29. The SMILES string of the molecule is CCC/C=C\CCCCCCCC(=O)OC(COC(=O)CCCCCCCCCCCCCCCCCCCC)COP(=O)(O)OCC. The Kier molecular flexibility index (Phi) is 34.7. The van der Waals surface area contributed by atoms with Crippen molar-refractivity contribution >= 4 is 19.8 Å².